The molecule has 1 saturated heterocycles. The molecule has 7 nitrogen and oxygen atoms in total. The topological polar surface area (TPSA) is 89.0 Å². The molecule has 128 valence electrons. The van der Waals surface area contributed by atoms with Crippen molar-refractivity contribution < 1.29 is 9.53 Å². The molecule has 2 aliphatic rings. The number of fused-ring (bicyclic) bond motifs is 1. The summed E-state index contributed by atoms with van der Waals surface area (Å²) in [6.45, 7) is 2.69. The second-order valence-corrected chi connectivity index (χ2v) is 6.88. The normalized spacial score (nSPS) is 22.0. The zero-order chi connectivity index (χ0) is 16.8. The highest BCUT2D eigenvalue weighted by Gasteiger charge is 2.30. The van der Waals surface area contributed by atoms with Crippen molar-refractivity contribution in [3.05, 3.63) is 27.7 Å². The number of ether oxygens (including phenoxy) is 1. The van der Waals surface area contributed by atoms with Crippen LogP contribution in [0, 0.1) is 0 Å². The van der Waals surface area contributed by atoms with Crippen molar-refractivity contribution in [3.8, 4) is 0 Å². The van der Waals surface area contributed by atoms with Gasteiger partial charge in [-0.25, -0.2) is 4.98 Å². The van der Waals surface area contributed by atoms with Crippen LogP contribution in [0.3, 0.4) is 0 Å². The number of aromatic amines is 1. The van der Waals surface area contributed by atoms with Gasteiger partial charge in [0.15, 0.2) is 5.65 Å². The van der Waals surface area contributed by atoms with Crippen LogP contribution in [0.4, 0.5) is 0 Å². The van der Waals surface area contributed by atoms with Crippen LogP contribution < -0.4 is 10.9 Å². The summed E-state index contributed by atoms with van der Waals surface area (Å²) in [5.74, 6) is 0.172. The summed E-state index contributed by atoms with van der Waals surface area (Å²) < 4.78 is 7.23. The van der Waals surface area contributed by atoms with Crippen molar-refractivity contribution in [2.45, 2.75) is 50.7 Å². The summed E-state index contributed by atoms with van der Waals surface area (Å²) in [5, 5.41) is 6.06. The molecule has 2 atom stereocenters. The predicted molar refractivity (Wildman–Crippen MR) is 89.2 cm³/mol. The van der Waals surface area contributed by atoms with Crippen LogP contribution in [0.2, 0.25) is 0 Å². The quantitative estimate of drug-likeness (QED) is 0.888. The lowest BCUT2D eigenvalue weighted by molar-refractivity contribution is 0.0713. The molecule has 4 rings (SSSR count). The molecule has 0 radical (unpaired) electrons. The fourth-order valence-electron chi connectivity index (χ4n) is 3.42. The van der Waals surface area contributed by atoms with Gasteiger partial charge in [0.25, 0.3) is 11.5 Å². The molecule has 0 unspecified atom stereocenters. The summed E-state index contributed by atoms with van der Waals surface area (Å²) in [5.41, 5.74) is 1.57. The third-order valence-corrected chi connectivity index (χ3v) is 4.96. The second-order valence-electron chi connectivity index (χ2n) is 6.88. The van der Waals surface area contributed by atoms with Crippen LogP contribution >= 0.6 is 0 Å². The van der Waals surface area contributed by atoms with E-state index in [1.54, 1.807) is 17.8 Å². The van der Waals surface area contributed by atoms with E-state index in [9.17, 15) is 9.59 Å². The molecule has 2 N–H and O–H groups in total. The first-order valence-electron chi connectivity index (χ1n) is 8.56. The Morgan fingerprint density at radius 3 is 2.92 bits per heavy atom. The summed E-state index contributed by atoms with van der Waals surface area (Å²) in [6.07, 6.45) is 4.19. The average molecular weight is 330 g/mol. The lowest BCUT2D eigenvalue weighted by Gasteiger charge is -2.20. The number of amides is 1. The van der Waals surface area contributed by atoms with Crippen molar-refractivity contribution >= 4 is 16.9 Å². The molecule has 7 heteroatoms. The van der Waals surface area contributed by atoms with E-state index in [-0.39, 0.29) is 23.6 Å². The lowest BCUT2D eigenvalue weighted by Crippen LogP contribution is -2.41. The minimum atomic E-state index is -0.280. The number of hydrogen-bond donors (Lipinski definition) is 2. The molecule has 2 aromatic heterocycles. The van der Waals surface area contributed by atoms with E-state index in [0.717, 1.165) is 38.0 Å². The zero-order valence-corrected chi connectivity index (χ0v) is 14.0. The molecule has 1 aliphatic heterocycles. The Balaban J connectivity index is 1.71. The maximum Gasteiger partial charge on any atom is 0.274 e. The lowest BCUT2D eigenvalue weighted by atomic mass is 10.1. The molecule has 1 aliphatic carbocycles. The number of nitrogens with one attached hydrogen (secondary N) is 2. The number of carbonyl (C=O) groups excluding carboxylic acids is 1. The monoisotopic (exact) mass is 330 g/mol. The van der Waals surface area contributed by atoms with E-state index in [2.05, 4.69) is 15.4 Å². The highest BCUT2D eigenvalue weighted by molar-refractivity contribution is 6.05. The molecule has 24 heavy (non-hydrogen) atoms. The Kier molecular flexibility index (Phi) is 3.68. The Labute approximate surface area is 139 Å². The molecule has 0 spiro atoms. The van der Waals surface area contributed by atoms with Crippen molar-refractivity contribution in [1.82, 2.24) is 20.1 Å². The maximum atomic E-state index is 12.8. The number of aromatic nitrogens is 3. The number of rotatable bonds is 4. The van der Waals surface area contributed by atoms with Crippen LogP contribution in [-0.4, -0.2) is 39.4 Å². The van der Waals surface area contributed by atoms with Gasteiger partial charge in [0, 0.05) is 25.3 Å². The molecular formula is C17H22N4O3. The minimum absolute atomic E-state index is 0.0447. The highest BCUT2D eigenvalue weighted by Crippen LogP contribution is 2.39. The number of hydrogen-bond acceptors (Lipinski definition) is 4. The predicted octanol–water partition coefficient (Wildman–Crippen LogP) is 1.44. The van der Waals surface area contributed by atoms with Gasteiger partial charge >= 0.3 is 0 Å². The number of carbonyl (C=O) groups is 1. The highest BCUT2D eigenvalue weighted by atomic mass is 16.5. The molecule has 0 bridgehead atoms. The second kappa shape index (κ2) is 5.73. The summed E-state index contributed by atoms with van der Waals surface area (Å²) in [4.78, 5) is 29.7. The molecule has 3 heterocycles. The Morgan fingerprint density at radius 2 is 2.25 bits per heavy atom. The fraction of sp³-hybridized carbons (Fsp3) is 0.588. The average Bonchev–Trinajstić information content (AvgIpc) is 3.18. The standard InChI is InChI=1S/C17H22N4O3/c1-9(13-4-3-7-24-13)18-16(22)11-8-12(10-5-6-10)19-15-14(11)17(23)20-21(15)2/h8-10,13H,3-7H2,1-2H3,(H,18,22)(H,20,23)/t9-,13-/m0/s1. The molecule has 2 fully saturated rings. The first-order chi connectivity index (χ1) is 11.5. The molecular weight excluding hydrogens is 308 g/mol. The van der Waals surface area contributed by atoms with Crippen molar-refractivity contribution in [2.75, 3.05) is 6.61 Å². The van der Waals surface area contributed by atoms with Gasteiger partial charge in [-0.3, -0.25) is 19.4 Å². The first-order valence-corrected chi connectivity index (χ1v) is 8.56. The minimum Gasteiger partial charge on any atom is -0.376 e. The van der Waals surface area contributed by atoms with E-state index in [1.165, 1.54) is 0 Å². The van der Waals surface area contributed by atoms with Crippen LogP contribution in [0.1, 0.15) is 54.6 Å². The zero-order valence-electron chi connectivity index (χ0n) is 14.0. The molecule has 1 amide bonds. The first kappa shape index (κ1) is 15.4. The van der Waals surface area contributed by atoms with Gasteiger partial charge in [-0.15, -0.1) is 0 Å². The van der Waals surface area contributed by atoms with Crippen LogP contribution in [0.5, 0.6) is 0 Å². The van der Waals surface area contributed by atoms with E-state index in [0.29, 0.717) is 22.5 Å². The van der Waals surface area contributed by atoms with Gasteiger partial charge < -0.3 is 10.1 Å². The molecule has 2 aromatic rings. The fourth-order valence-corrected chi connectivity index (χ4v) is 3.42. The smallest absolute Gasteiger partial charge is 0.274 e. The van der Waals surface area contributed by atoms with E-state index in [4.69, 9.17) is 4.74 Å². The van der Waals surface area contributed by atoms with Gasteiger partial charge in [0.2, 0.25) is 0 Å². The maximum absolute atomic E-state index is 12.8. The molecule has 1 saturated carbocycles. The van der Waals surface area contributed by atoms with Gasteiger partial charge in [-0.2, -0.15) is 0 Å². The summed E-state index contributed by atoms with van der Waals surface area (Å²) in [6, 6.07) is 1.70. The van der Waals surface area contributed by atoms with Crippen molar-refractivity contribution in [3.63, 3.8) is 0 Å². The summed E-state index contributed by atoms with van der Waals surface area (Å²) >= 11 is 0. The number of aryl methyl sites for hydroxylation is 1. The van der Waals surface area contributed by atoms with Gasteiger partial charge in [-0.1, -0.05) is 0 Å². The summed E-state index contributed by atoms with van der Waals surface area (Å²) in [7, 11) is 1.74. The van der Waals surface area contributed by atoms with Crippen LogP contribution in [0.15, 0.2) is 10.9 Å². The number of H-pyrrole nitrogens is 1. The Morgan fingerprint density at radius 1 is 1.46 bits per heavy atom. The van der Waals surface area contributed by atoms with Crippen LogP contribution in [0.25, 0.3) is 11.0 Å². The Bertz CT molecular complexity index is 843. The van der Waals surface area contributed by atoms with Crippen molar-refractivity contribution in [1.29, 1.82) is 0 Å². The van der Waals surface area contributed by atoms with Gasteiger partial charge in [-0.05, 0) is 38.7 Å². The number of nitrogens with zero attached hydrogens (tertiary/aromatic N) is 2. The largest absolute Gasteiger partial charge is 0.376 e. The van der Waals surface area contributed by atoms with Gasteiger partial charge in [0.1, 0.15) is 0 Å². The number of pyridine rings is 1. The van der Waals surface area contributed by atoms with Gasteiger partial charge in [0.05, 0.1) is 23.1 Å². The van der Waals surface area contributed by atoms with E-state index >= 15 is 0 Å². The third-order valence-electron chi connectivity index (χ3n) is 4.96. The SMILES string of the molecule is C[C@H](NC(=O)c1cc(C2CC2)nc2c1c(=O)[nH]n2C)[C@@H]1CCCO1. The molecule has 0 aromatic carbocycles. The third kappa shape index (κ3) is 2.62. The van der Waals surface area contributed by atoms with Crippen molar-refractivity contribution in [2.24, 2.45) is 7.05 Å². The van der Waals surface area contributed by atoms with Crippen LogP contribution in [-0.2, 0) is 11.8 Å². The van der Waals surface area contributed by atoms with E-state index < -0.39 is 0 Å². The van der Waals surface area contributed by atoms with E-state index in [1.807, 2.05) is 6.92 Å². The Hall–Kier alpha value is -2.15.